The molecule has 7 nitrogen and oxygen atoms in total. The van der Waals surface area contributed by atoms with Crippen molar-refractivity contribution in [3.05, 3.63) is 58.6 Å². The average molecular weight is 353 g/mol. The summed E-state index contributed by atoms with van der Waals surface area (Å²) in [5, 5.41) is 2.83. The van der Waals surface area contributed by atoms with Gasteiger partial charge in [0, 0.05) is 30.5 Å². The third-order valence-electron chi connectivity index (χ3n) is 4.38. The lowest BCUT2D eigenvalue weighted by Gasteiger charge is -2.28. The van der Waals surface area contributed by atoms with Gasteiger partial charge in [0.15, 0.2) is 5.58 Å². The van der Waals surface area contributed by atoms with E-state index in [4.69, 9.17) is 9.15 Å². The third-order valence-corrected chi connectivity index (χ3v) is 4.38. The second-order valence-electron chi connectivity index (χ2n) is 6.22. The minimum absolute atomic E-state index is 0.124. The maximum absolute atomic E-state index is 12.3. The van der Waals surface area contributed by atoms with E-state index in [0.717, 1.165) is 37.6 Å². The summed E-state index contributed by atoms with van der Waals surface area (Å²) in [7, 11) is 0. The molecule has 7 heteroatoms. The number of nitrogens with one attached hydrogen (secondary N) is 2. The van der Waals surface area contributed by atoms with Gasteiger partial charge in [0.05, 0.1) is 25.2 Å². The molecule has 26 heavy (non-hydrogen) atoms. The number of amides is 1. The first-order valence-electron chi connectivity index (χ1n) is 8.52. The van der Waals surface area contributed by atoms with Crippen LogP contribution in [0.4, 0.5) is 11.4 Å². The molecular weight excluding hydrogens is 334 g/mol. The van der Waals surface area contributed by atoms with Gasteiger partial charge in [-0.2, -0.15) is 0 Å². The minimum atomic E-state index is -0.510. The van der Waals surface area contributed by atoms with Crippen LogP contribution in [0.15, 0.2) is 51.7 Å². The summed E-state index contributed by atoms with van der Waals surface area (Å²) in [6.45, 7) is 3.26. The zero-order valence-corrected chi connectivity index (χ0v) is 14.2. The van der Waals surface area contributed by atoms with Crippen molar-refractivity contribution < 1.29 is 13.9 Å². The van der Waals surface area contributed by atoms with Crippen LogP contribution in [0.3, 0.4) is 0 Å². The van der Waals surface area contributed by atoms with E-state index in [9.17, 15) is 9.59 Å². The Balaban J connectivity index is 1.39. The molecule has 2 aromatic carbocycles. The number of aromatic nitrogens is 1. The number of ether oxygens (including phenoxy) is 1. The highest BCUT2D eigenvalue weighted by atomic mass is 16.5. The van der Waals surface area contributed by atoms with E-state index in [1.165, 1.54) is 0 Å². The number of carbonyl (C=O) groups excluding carboxylic acids is 1. The minimum Gasteiger partial charge on any atom is -0.408 e. The summed E-state index contributed by atoms with van der Waals surface area (Å²) >= 11 is 0. The molecule has 1 aromatic heterocycles. The fourth-order valence-corrected chi connectivity index (χ4v) is 3.06. The van der Waals surface area contributed by atoms with Crippen molar-refractivity contribution in [3.8, 4) is 0 Å². The molecular formula is C19H19N3O4. The number of H-pyrrole nitrogens is 1. The van der Waals surface area contributed by atoms with Crippen molar-refractivity contribution in [1.29, 1.82) is 0 Å². The molecule has 0 spiro atoms. The SMILES string of the molecule is O=C(Cc1ccc(N2CCOCC2)cc1)Nc1ccc2[nH]c(=O)oc2c1. The van der Waals surface area contributed by atoms with Crippen LogP contribution in [-0.4, -0.2) is 37.2 Å². The maximum Gasteiger partial charge on any atom is 0.417 e. The molecule has 0 bridgehead atoms. The smallest absolute Gasteiger partial charge is 0.408 e. The summed E-state index contributed by atoms with van der Waals surface area (Å²) in [6, 6.07) is 13.1. The van der Waals surface area contributed by atoms with Gasteiger partial charge >= 0.3 is 5.76 Å². The first-order valence-corrected chi connectivity index (χ1v) is 8.52. The normalized spacial score (nSPS) is 14.5. The molecule has 2 heterocycles. The summed E-state index contributed by atoms with van der Waals surface area (Å²) in [4.78, 5) is 28.3. The predicted molar refractivity (Wildman–Crippen MR) is 98.6 cm³/mol. The number of anilines is 2. The Morgan fingerprint density at radius 3 is 2.65 bits per heavy atom. The molecule has 0 unspecified atom stereocenters. The van der Waals surface area contributed by atoms with Crippen molar-refractivity contribution in [2.75, 3.05) is 36.5 Å². The summed E-state index contributed by atoms with van der Waals surface area (Å²) in [5.41, 5.74) is 3.70. The molecule has 0 radical (unpaired) electrons. The summed E-state index contributed by atoms with van der Waals surface area (Å²) < 4.78 is 10.4. The Kier molecular flexibility index (Phi) is 4.45. The van der Waals surface area contributed by atoms with Crippen LogP contribution in [0.5, 0.6) is 0 Å². The number of benzene rings is 2. The second kappa shape index (κ2) is 7.05. The number of rotatable bonds is 4. The number of morpholine rings is 1. The molecule has 134 valence electrons. The third kappa shape index (κ3) is 3.62. The van der Waals surface area contributed by atoms with Gasteiger partial charge in [-0.1, -0.05) is 12.1 Å². The van der Waals surface area contributed by atoms with Crippen molar-refractivity contribution >= 4 is 28.4 Å². The standard InChI is InChI=1S/C19H19N3O4/c23-18(20-14-3-6-16-17(12-14)26-19(24)21-16)11-13-1-4-15(5-2-13)22-7-9-25-10-8-22/h1-6,12H,7-11H2,(H,20,23)(H,21,24). The highest BCUT2D eigenvalue weighted by Crippen LogP contribution is 2.19. The second-order valence-corrected chi connectivity index (χ2v) is 6.22. The molecule has 0 aliphatic carbocycles. The summed E-state index contributed by atoms with van der Waals surface area (Å²) in [6.07, 6.45) is 0.276. The summed E-state index contributed by atoms with van der Waals surface area (Å²) in [5.74, 6) is -0.634. The molecule has 1 saturated heterocycles. The number of hydrogen-bond acceptors (Lipinski definition) is 5. The van der Waals surface area contributed by atoms with Crippen LogP contribution >= 0.6 is 0 Å². The lowest BCUT2D eigenvalue weighted by molar-refractivity contribution is -0.115. The van der Waals surface area contributed by atoms with Gasteiger partial charge in [-0.15, -0.1) is 0 Å². The van der Waals surface area contributed by atoms with E-state index in [1.54, 1.807) is 18.2 Å². The van der Waals surface area contributed by atoms with Crippen LogP contribution in [0.25, 0.3) is 11.1 Å². The van der Waals surface area contributed by atoms with Crippen molar-refractivity contribution in [1.82, 2.24) is 4.98 Å². The van der Waals surface area contributed by atoms with Gasteiger partial charge in [-0.05, 0) is 29.8 Å². The number of aromatic amines is 1. The Bertz CT molecular complexity index is 968. The molecule has 0 atom stereocenters. The lowest BCUT2D eigenvalue weighted by Crippen LogP contribution is -2.36. The first-order chi connectivity index (χ1) is 12.7. The van der Waals surface area contributed by atoms with Gasteiger partial charge in [0.1, 0.15) is 0 Å². The van der Waals surface area contributed by atoms with Crippen LogP contribution in [0, 0.1) is 0 Å². The van der Waals surface area contributed by atoms with Gasteiger partial charge in [-0.3, -0.25) is 9.78 Å². The molecule has 1 aliphatic rings. The van der Waals surface area contributed by atoms with E-state index >= 15 is 0 Å². The fraction of sp³-hybridized carbons (Fsp3) is 0.263. The van der Waals surface area contributed by atoms with E-state index < -0.39 is 5.76 Å². The zero-order valence-electron chi connectivity index (χ0n) is 14.2. The average Bonchev–Trinajstić information content (AvgIpc) is 3.02. The quantitative estimate of drug-likeness (QED) is 0.750. The van der Waals surface area contributed by atoms with E-state index in [0.29, 0.717) is 16.8 Å². The maximum atomic E-state index is 12.3. The largest absolute Gasteiger partial charge is 0.417 e. The van der Waals surface area contributed by atoms with E-state index in [-0.39, 0.29) is 12.3 Å². The Hall–Kier alpha value is -3.06. The highest BCUT2D eigenvalue weighted by Gasteiger charge is 2.12. The molecule has 3 aromatic rings. The van der Waals surface area contributed by atoms with Gasteiger partial charge in [0.25, 0.3) is 0 Å². The Morgan fingerprint density at radius 1 is 1.12 bits per heavy atom. The van der Waals surface area contributed by atoms with Gasteiger partial charge in [0.2, 0.25) is 5.91 Å². The van der Waals surface area contributed by atoms with Gasteiger partial charge < -0.3 is 19.4 Å². The van der Waals surface area contributed by atoms with Crippen LogP contribution in [-0.2, 0) is 16.0 Å². The van der Waals surface area contributed by atoms with Gasteiger partial charge in [-0.25, -0.2) is 4.79 Å². The van der Waals surface area contributed by atoms with Crippen LogP contribution in [0.2, 0.25) is 0 Å². The predicted octanol–water partition coefficient (Wildman–Crippen LogP) is 2.14. The molecule has 1 aliphatic heterocycles. The van der Waals surface area contributed by atoms with Crippen molar-refractivity contribution in [3.63, 3.8) is 0 Å². The number of hydrogen-bond donors (Lipinski definition) is 2. The topological polar surface area (TPSA) is 87.6 Å². The Labute approximate surface area is 149 Å². The number of nitrogens with zero attached hydrogens (tertiary/aromatic N) is 1. The first kappa shape index (κ1) is 16.4. The number of carbonyl (C=O) groups is 1. The van der Waals surface area contributed by atoms with Crippen LogP contribution < -0.4 is 16.0 Å². The Morgan fingerprint density at radius 2 is 1.88 bits per heavy atom. The van der Waals surface area contributed by atoms with Crippen molar-refractivity contribution in [2.45, 2.75) is 6.42 Å². The fourth-order valence-electron chi connectivity index (χ4n) is 3.06. The number of oxazole rings is 1. The van der Waals surface area contributed by atoms with Crippen LogP contribution in [0.1, 0.15) is 5.56 Å². The lowest BCUT2D eigenvalue weighted by atomic mass is 10.1. The zero-order chi connectivity index (χ0) is 17.9. The molecule has 4 rings (SSSR count). The number of fused-ring (bicyclic) bond motifs is 1. The van der Waals surface area contributed by atoms with Crippen molar-refractivity contribution in [2.24, 2.45) is 0 Å². The highest BCUT2D eigenvalue weighted by molar-refractivity contribution is 5.94. The van der Waals surface area contributed by atoms with E-state index in [1.807, 2.05) is 24.3 Å². The molecule has 1 fully saturated rings. The molecule has 1 amide bonds. The monoisotopic (exact) mass is 353 g/mol. The van der Waals surface area contributed by atoms with E-state index in [2.05, 4.69) is 15.2 Å². The molecule has 2 N–H and O–H groups in total. The molecule has 0 saturated carbocycles.